The lowest BCUT2D eigenvalue weighted by Crippen LogP contribution is -2.34. The Morgan fingerprint density at radius 2 is 2.12 bits per heavy atom. The molecule has 1 unspecified atom stereocenters. The van der Waals surface area contributed by atoms with Crippen molar-refractivity contribution in [1.82, 2.24) is 9.88 Å². The van der Waals surface area contributed by atoms with E-state index in [0.717, 1.165) is 6.54 Å². The molecule has 0 aromatic carbocycles. The summed E-state index contributed by atoms with van der Waals surface area (Å²) in [4.78, 5) is 11.4. The lowest BCUT2D eigenvalue weighted by molar-refractivity contribution is 0.149. The summed E-state index contributed by atoms with van der Waals surface area (Å²) in [6.07, 6.45) is 1.16. The Bertz CT molecular complexity index is 360. The topological polar surface area (TPSA) is 54.3 Å². The highest BCUT2D eigenvalue weighted by Crippen LogP contribution is 1.91. The summed E-state index contributed by atoms with van der Waals surface area (Å²) in [5.41, 5.74) is -0.0783. The van der Waals surface area contributed by atoms with Crippen LogP contribution in [0.2, 0.25) is 0 Å². The van der Waals surface area contributed by atoms with Crippen molar-refractivity contribution in [1.29, 1.82) is 0 Å². The number of aliphatic hydroxyl groups is 1. The van der Waals surface area contributed by atoms with Crippen molar-refractivity contribution < 1.29 is 5.11 Å². The fourth-order valence-electron chi connectivity index (χ4n) is 1.44. The molecule has 1 aromatic rings. The minimum Gasteiger partial charge on any atom is -0.390 e. The third-order valence-corrected chi connectivity index (χ3v) is 2.24. The maximum Gasteiger partial charge on any atom is 0.250 e. The zero-order chi connectivity index (χ0) is 12.0. The van der Waals surface area contributed by atoms with Gasteiger partial charge in [0.1, 0.15) is 0 Å². The van der Waals surface area contributed by atoms with Gasteiger partial charge in [0.05, 0.1) is 12.6 Å². The highest BCUT2D eigenvalue weighted by molar-refractivity contribution is 4.93. The SMILES string of the molecule is CC(C)CNCC(O)Cn1ccccc1=O. The van der Waals surface area contributed by atoms with E-state index >= 15 is 0 Å². The van der Waals surface area contributed by atoms with Crippen LogP contribution in [-0.4, -0.2) is 28.9 Å². The summed E-state index contributed by atoms with van der Waals surface area (Å²) in [6.45, 7) is 5.95. The highest BCUT2D eigenvalue weighted by atomic mass is 16.3. The summed E-state index contributed by atoms with van der Waals surface area (Å²) in [5, 5.41) is 12.9. The second-order valence-electron chi connectivity index (χ2n) is 4.40. The normalized spacial score (nSPS) is 13.0. The van der Waals surface area contributed by atoms with Crippen molar-refractivity contribution in [3.05, 3.63) is 34.7 Å². The quantitative estimate of drug-likeness (QED) is 0.738. The van der Waals surface area contributed by atoms with E-state index in [1.165, 1.54) is 10.6 Å². The van der Waals surface area contributed by atoms with Gasteiger partial charge < -0.3 is 15.0 Å². The fraction of sp³-hybridized carbons (Fsp3) is 0.583. The van der Waals surface area contributed by atoms with E-state index in [9.17, 15) is 9.90 Å². The van der Waals surface area contributed by atoms with Crippen molar-refractivity contribution in [2.45, 2.75) is 26.5 Å². The molecule has 0 aliphatic heterocycles. The van der Waals surface area contributed by atoms with Gasteiger partial charge in [0.2, 0.25) is 0 Å². The first kappa shape index (κ1) is 12.9. The molecule has 4 heteroatoms. The largest absolute Gasteiger partial charge is 0.390 e. The molecular formula is C12H20N2O2. The zero-order valence-corrected chi connectivity index (χ0v) is 9.89. The first-order valence-electron chi connectivity index (χ1n) is 5.64. The second-order valence-corrected chi connectivity index (χ2v) is 4.40. The molecule has 1 atom stereocenters. The molecule has 0 saturated heterocycles. The van der Waals surface area contributed by atoms with Crippen LogP contribution in [0.3, 0.4) is 0 Å². The standard InChI is InChI=1S/C12H20N2O2/c1-10(2)7-13-8-11(15)9-14-6-4-3-5-12(14)16/h3-6,10-11,13,15H,7-9H2,1-2H3. The van der Waals surface area contributed by atoms with Crippen LogP contribution >= 0.6 is 0 Å². The molecule has 0 bridgehead atoms. The van der Waals surface area contributed by atoms with Crippen LogP contribution in [0.5, 0.6) is 0 Å². The number of pyridine rings is 1. The zero-order valence-electron chi connectivity index (χ0n) is 9.89. The molecule has 2 N–H and O–H groups in total. The molecule has 1 aromatic heterocycles. The van der Waals surface area contributed by atoms with Crippen LogP contribution in [0.4, 0.5) is 0 Å². The van der Waals surface area contributed by atoms with Gasteiger partial charge in [-0.15, -0.1) is 0 Å². The summed E-state index contributed by atoms with van der Waals surface area (Å²) < 4.78 is 1.52. The van der Waals surface area contributed by atoms with Crippen LogP contribution in [0.25, 0.3) is 0 Å². The Hall–Kier alpha value is -1.13. The van der Waals surface area contributed by atoms with E-state index in [4.69, 9.17) is 0 Å². The lowest BCUT2D eigenvalue weighted by atomic mass is 10.2. The number of nitrogens with one attached hydrogen (secondary N) is 1. The molecule has 90 valence electrons. The van der Waals surface area contributed by atoms with E-state index in [1.54, 1.807) is 18.3 Å². The number of hydrogen-bond donors (Lipinski definition) is 2. The van der Waals surface area contributed by atoms with E-state index in [1.807, 2.05) is 0 Å². The van der Waals surface area contributed by atoms with E-state index in [-0.39, 0.29) is 5.56 Å². The summed E-state index contributed by atoms with van der Waals surface area (Å²) in [5.74, 6) is 0.562. The highest BCUT2D eigenvalue weighted by Gasteiger charge is 2.05. The van der Waals surface area contributed by atoms with E-state index < -0.39 is 6.10 Å². The van der Waals surface area contributed by atoms with Gasteiger partial charge in [-0.05, 0) is 18.5 Å². The Morgan fingerprint density at radius 1 is 1.38 bits per heavy atom. The number of hydrogen-bond acceptors (Lipinski definition) is 3. The minimum absolute atomic E-state index is 0.0783. The van der Waals surface area contributed by atoms with Crippen LogP contribution in [0.1, 0.15) is 13.8 Å². The molecule has 0 amide bonds. The van der Waals surface area contributed by atoms with Crippen molar-refractivity contribution in [2.24, 2.45) is 5.92 Å². The minimum atomic E-state index is -0.529. The van der Waals surface area contributed by atoms with Crippen molar-refractivity contribution in [3.63, 3.8) is 0 Å². The summed E-state index contributed by atoms with van der Waals surface area (Å²) in [6, 6.07) is 4.98. The monoisotopic (exact) mass is 224 g/mol. The number of aromatic nitrogens is 1. The Labute approximate surface area is 95.9 Å². The van der Waals surface area contributed by atoms with Gasteiger partial charge >= 0.3 is 0 Å². The van der Waals surface area contributed by atoms with Crippen LogP contribution in [0.15, 0.2) is 29.2 Å². The van der Waals surface area contributed by atoms with Crippen LogP contribution < -0.4 is 10.9 Å². The molecule has 1 heterocycles. The van der Waals surface area contributed by atoms with Gasteiger partial charge in [-0.25, -0.2) is 0 Å². The van der Waals surface area contributed by atoms with Gasteiger partial charge in [0.25, 0.3) is 5.56 Å². The van der Waals surface area contributed by atoms with E-state index in [0.29, 0.717) is 19.0 Å². The molecule has 0 radical (unpaired) electrons. The molecule has 0 fully saturated rings. The van der Waals surface area contributed by atoms with Crippen molar-refractivity contribution in [2.75, 3.05) is 13.1 Å². The number of aliphatic hydroxyl groups excluding tert-OH is 1. The third kappa shape index (κ3) is 4.59. The molecule has 0 spiro atoms. The average Bonchev–Trinajstić information content (AvgIpc) is 2.21. The first-order valence-corrected chi connectivity index (χ1v) is 5.64. The lowest BCUT2D eigenvalue weighted by Gasteiger charge is -2.14. The fourth-order valence-corrected chi connectivity index (χ4v) is 1.44. The molecular weight excluding hydrogens is 204 g/mol. The van der Waals surface area contributed by atoms with Crippen molar-refractivity contribution in [3.8, 4) is 0 Å². The van der Waals surface area contributed by atoms with Crippen LogP contribution in [-0.2, 0) is 6.54 Å². The molecule has 0 saturated carbocycles. The van der Waals surface area contributed by atoms with Gasteiger partial charge in [0, 0.05) is 18.8 Å². The summed E-state index contributed by atoms with van der Waals surface area (Å²) in [7, 11) is 0. The Kier molecular flexibility index (Phi) is 5.22. The summed E-state index contributed by atoms with van der Waals surface area (Å²) >= 11 is 0. The van der Waals surface area contributed by atoms with Crippen LogP contribution in [0, 0.1) is 5.92 Å². The maximum atomic E-state index is 11.4. The Morgan fingerprint density at radius 3 is 2.75 bits per heavy atom. The van der Waals surface area contributed by atoms with Gasteiger partial charge in [-0.3, -0.25) is 4.79 Å². The van der Waals surface area contributed by atoms with Gasteiger partial charge in [0.15, 0.2) is 0 Å². The molecule has 16 heavy (non-hydrogen) atoms. The van der Waals surface area contributed by atoms with Crippen molar-refractivity contribution >= 4 is 0 Å². The third-order valence-electron chi connectivity index (χ3n) is 2.24. The molecule has 0 aliphatic rings. The predicted molar refractivity (Wildman–Crippen MR) is 64.4 cm³/mol. The van der Waals surface area contributed by atoms with Gasteiger partial charge in [-0.2, -0.15) is 0 Å². The average molecular weight is 224 g/mol. The smallest absolute Gasteiger partial charge is 0.250 e. The Balaban J connectivity index is 2.37. The second kappa shape index (κ2) is 6.45. The number of rotatable bonds is 6. The predicted octanol–water partition coefficient (Wildman–Crippen LogP) is 0.455. The molecule has 1 rings (SSSR count). The molecule has 0 aliphatic carbocycles. The maximum absolute atomic E-state index is 11.4. The van der Waals surface area contributed by atoms with E-state index in [2.05, 4.69) is 19.2 Å². The molecule has 4 nitrogen and oxygen atoms in total. The first-order chi connectivity index (χ1) is 7.59. The number of nitrogens with zero attached hydrogens (tertiary/aromatic N) is 1. The van der Waals surface area contributed by atoms with Gasteiger partial charge in [-0.1, -0.05) is 19.9 Å².